The van der Waals surface area contributed by atoms with Crippen LogP contribution in [0.4, 0.5) is 5.13 Å². The number of amides is 1. The van der Waals surface area contributed by atoms with E-state index >= 15 is 0 Å². The number of hydrogen-bond donors (Lipinski definition) is 1. The summed E-state index contributed by atoms with van der Waals surface area (Å²) in [4.78, 5) is 11.5. The SMILES string of the molecule is Cc1nnc(NC(=O)CS(=O)(=O)CCCC#N)s1. The summed E-state index contributed by atoms with van der Waals surface area (Å²) in [6.07, 6.45) is 0.403. The van der Waals surface area contributed by atoms with Crippen molar-refractivity contribution >= 4 is 32.2 Å². The van der Waals surface area contributed by atoms with E-state index in [9.17, 15) is 13.2 Å². The Hall–Kier alpha value is -1.53. The van der Waals surface area contributed by atoms with Gasteiger partial charge >= 0.3 is 0 Å². The monoisotopic (exact) mass is 288 g/mol. The van der Waals surface area contributed by atoms with Crippen molar-refractivity contribution < 1.29 is 13.2 Å². The lowest BCUT2D eigenvalue weighted by molar-refractivity contribution is -0.113. The summed E-state index contributed by atoms with van der Waals surface area (Å²) in [6.45, 7) is 1.73. The second kappa shape index (κ2) is 6.42. The van der Waals surface area contributed by atoms with Crippen LogP contribution in [0.15, 0.2) is 0 Å². The molecule has 1 amide bonds. The largest absolute Gasteiger partial charge is 0.300 e. The highest BCUT2D eigenvalue weighted by Gasteiger charge is 2.17. The lowest BCUT2D eigenvalue weighted by Crippen LogP contribution is -2.24. The molecule has 1 N–H and O–H groups in total. The first-order valence-corrected chi connectivity index (χ1v) is 7.74. The first-order valence-electron chi connectivity index (χ1n) is 5.10. The van der Waals surface area contributed by atoms with Gasteiger partial charge in [-0.25, -0.2) is 8.42 Å². The molecule has 1 heterocycles. The molecule has 0 aliphatic rings. The van der Waals surface area contributed by atoms with Crippen LogP contribution in [0.2, 0.25) is 0 Å². The van der Waals surface area contributed by atoms with Gasteiger partial charge in [-0.1, -0.05) is 11.3 Å². The van der Waals surface area contributed by atoms with Gasteiger partial charge in [0.15, 0.2) is 9.84 Å². The molecule has 9 heteroatoms. The molecule has 0 aliphatic heterocycles. The first kappa shape index (κ1) is 14.5. The highest BCUT2D eigenvalue weighted by molar-refractivity contribution is 7.92. The Bertz CT molecular complexity index is 559. The quantitative estimate of drug-likeness (QED) is 0.763. The molecule has 0 saturated carbocycles. The van der Waals surface area contributed by atoms with E-state index in [1.54, 1.807) is 6.92 Å². The van der Waals surface area contributed by atoms with Gasteiger partial charge < -0.3 is 0 Å². The Morgan fingerprint density at radius 3 is 2.78 bits per heavy atom. The van der Waals surface area contributed by atoms with Crippen LogP contribution in [0, 0.1) is 18.3 Å². The van der Waals surface area contributed by atoms with Crippen molar-refractivity contribution in [3.8, 4) is 6.07 Å². The predicted octanol–water partition coefficient (Wildman–Crippen LogP) is 0.504. The van der Waals surface area contributed by atoms with E-state index in [2.05, 4.69) is 15.5 Å². The number of hydrogen-bond acceptors (Lipinski definition) is 7. The molecule has 0 unspecified atom stereocenters. The van der Waals surface area contributed by atoms with Crippen LogP contribution in [-0.4, -0.2) is 36.0 Å². The Kier molecular flexibility index (Phi) is 5.18. The van der Waals surface area contributed by atoms with E-state index in [0.717, 1.165) is 0 Å². The Morgan fingerprint density at radius 1 is 1.50 bits per heavy atom. The third kappa shape index (κ3) is 5.20. The minimum atomic E-state index is -3.47. The number of nitrogens with one attached hydrogen (secondary N) is 1. The average Bonchev–Trinajstić information content (AvgIpc) is 2.63. The van der Waals surface area contributed by atoms with Crippen LogP contribution in [0.3, 0.4) is 0 Å². The zero-order chi connectivity index (χ0) is 13.6. The molecule has 0 spiro atoms. The van der Waals surface area contributed by atoms with Crippen molar-refractivity contribution in [3.63, 3.8) is 0 Å². The van der Waals surface area contributed by atoms with E-state index in [4.69, 9.17) is 5.26 Å². The normalized spacial score (nSPS) is 10.9. The van der Waals surface area contributed by atoms with Gasteiger partial charge in [-0.2, -0.15) is 5.26 Å². The second-order valence-electron chi connectivity index (χ2n) is 3.53. The summed E-state index contributed by atoms with van der Waals surface area (Å²) in [5, 5.41) is 19.0. The lowest BCUT2D eigenvalue weighted by Gasteiger charge is -2.02. The summed E-state index contributed by atoms with van der Waals surface area (Å²) >= 11 is 1.17. The minimum Gasteiger partial charge on any atom is -0.300 e. The van der Waals surface area contributed by atoms with E-state index in [1.807, 2.05) is 6.07 Å². The fraction of sp³-hybridized carbons (Fsp3) is 0.556. The van der Waals surface area contributed by atoms with Crippen molar-refractivity contribution in [1.82, 2.24) is 10.2 Å². The summed E-state index contributed by atoms with van der Waals surface area (Å²) in [6, 6.07) is 1.85. The summed E-state index contributed by atoms with van der Waals surface area (Å²) < 4.78 is 23.0. The average molecular weight is 288 g/mol. The molecular weight excluding hydrogens is 276 g/mol. The molecule has 1 aromatic rings. The molecule has 0 aliphatic carbocycles. The van der Waals surface area contributed by atoms with Crippen LogP contribution in [0.1, 0.15) is 17.8 Å². The van der Waals surface area contributed by atoms with Gasteiger partial charge in [-0.3, -0.25) is 10.1 Å². The number of aromatic nitrogens is 2. The number of carbonyl (C=O) groups is 1. The number of carbonyl (C=O) groups excluding carboxylic acids is 1. The van der Waals surface area contributed by atoms with Crippen molar-refractivity contribution in [2.45, 2.75) is 19.8 Å². The summed E-state index contributed by atoms with van der Waals surface area (Å²) in [7, 11) is -3.47. The summed E-state index contributed by atoms with van der Waals surface area (Å²) in [5.74, 6) is -1.40. The highest BCUT2D eigenvalue weighted by Crippen LogP contribution is 2.13. The van der Waals surface area contributed by atoms with E-state index in [-0.39, 0.29) is 23.7 Å². The zero-order valence-corrected chi connectivity index (χ0v) is 11.3. The van der Waals surface area contributed by atoms with E-state index < -0.39 is 21.5 Å². The third-order valence-corrected chi connectivity index (χ3v) is 4.23. The number of unbranched alkanes of at least 4 members (excludes halogenated alkanes) is 1. The molecule has 1 aromatic heterocycles. The summed E-state index contributed by atoms with van der Waals surface area (Å²) in [5.41, 5.74) is 0. The Balaban J connectivity index is 2.47. The predicted molar refractivity (Wildman–Crippen MR) is 66.8 cm³/mol. The number of rotatable bonds is 6. The molecule has 0 atom stereocenters. The maximum absolute atomic E-state index is 11.5. The van der Waals surface area contributed by atoms with Gasteiger partial charge in [0.25, 0.3) is 0 Å². The fourth-order valence-electron chi connectivity index (χ4n) is 1.15. The number of aryl methyl sites for hydroxylation is 1. The van der Waals surface area contributed by atoms with Gasteiger partial charge in [-0.15, -0.1) is 10.2 Å². The number of nitrogens with zero attached hydrogens (tertiary/aromatic N) is 3. The fourth-order valence-corrected chi connectivity index (χ4v) is 2.95. The molecule has 0 aromatic carbocycles. The molecule has 98 valence electrons. The van der Waals surface area contributed by atoms with Crippen molar-refractivity contribution in [2.24, 2.45) is 0 Å². The van der Waals surface area contributed by atoms with Gasteiger partial charge in [0.2, 0.25) is 11.0 Å². The van der Waals surface area contributed by atoms with Crippen LogP contribution in [-0.2, 0) is 14.6 Å². The minimum absolute atomic E-state index is 0.163. The Morgan fingerprint density at radius 2 is 2.22 bits per heavy atom. The maximum atomic E-state index is 11.5. The zero-order valence-electron chi connectivity index (χ0n) is 9.71. The van der Waals surface area contributed by atoms with Crippen LogP contribution < -0.4 is 5.32 Å². The van der Waals surface area contributed by atoms with Gasteiger partial charge in [-0.05, 0) is 13.3 Å². The number of anilines is 1. The molecule has 0 bridgehead atoms. The van der Waals surface area contributed by atoms with E-state index in [0.29, 0.717) is 5.01 Å². The van der Waals surface area contributed by atoms with Crippen LogP contribution in [0.25, 0.3) is 0 Å². The van der Waals surface area contributed by atoms with Gasteiger partial charge in [0.05, 0.1) is 11.8 Å². The molecule has 7 nitrogen and oxygen atoms in total. The van der Waals surface area contributed by atoms with Gasteiger partial charge in [0, 0.05) is 6.42 Å². The van der Waals surface area contributed by atoms with E-state index in [1.165, 1.54) is 11.3 Å². The van der Waals surface area contributed by atoms with Crippen LogP contribution in [0.5, 0.6) is 0 Å². The number of nitriles is 1. The van der Waals surface area contributed by atoms with Crippen LogP contribution >= 0.6 is 11.3 Å². The molecular formula is C9H12N4O3S2. The molecule has 0 fully saturated rings. The maximum Gasteiger partial charge on any atom is 0.241 e. The molecule has 18 heavy (non-hydrogen) atoms. The second-order valence-corrected chi connectivity index (χ2v) is 6.89. The smallest absolute Gasteiger partial charge is 0.241 e. The molecule has 0 radical (unpaired) electrons. The van der Waals surface area contributed by atoms with Crippen molar-refractivity contribution in [1.29, 1.82) is 5.26 Å². The topological polar surface area (TPSA) is 113 Å². The van der Waals surface area contributed by atoms with Gasteiger partial charge in [0.1, 0.15) is 10.8 Å². The highest BCUT2D eigenvalue weighted by atomic mass is 32.2. The van der Waals surface area contributed by atoms with Crippen molar-refractivity contribution in [3.05, 3.63) is 5.01 Å². The first-order chi connectivity index (χ1) is 8.43. The standard InChI is InChI=1S/C9H12N4O3S2/c1-7-12-13-9(17-7)11-8(14)6-18(15,16)5-3-2-4-10/h2-3,5-6H2,1H3,(H,11,13,14). The lowest BCUT2D eigenvalue weighted by atomic mass is 10.4. The third-order valence-electron chi connectivity index (χ3n) is 1.87. The number of sulfone groups is 1. The Labute approximate surface area is 109 Å². The molecule has 1 rings (SSSR count). The molecule has 0 saturated heterocycles. The van der Waals surface area contributed by atoms with Crippen molar-refractivity contribution in [2.75, 3.05) is 16.8 Å².